The Bertz CT molecular complexity index is 945. The summed E-state index contributed by atoms with van der Waals surface area (Å²) in [6.07, 6.45) is 2.73. The molecule has 22 heavy (non-hydrogen) atoms. The van der Waals surface area contributed by atoms with Crippen LogP contribution in [0.15, 0.2) is 61.2 Å². The number of fused-ring (bicyclic) bond motifs is 2. The molecule has 6 heteroatoms. The average molecular weight is 290 g/mol. The number of rotatable bonds is 0. The maximum absolute atomic E-state index is 12.5. The molecule has 0 saturated carbocycles. The number of benzene rings is 2. The molecule has 2 aromatic heterocycles. The van der Waals surface area contributed by atoms with E-state index in [1.54, 1.807) is 36.4 Å². The number of para-hydroxylation sites is 4. The fourth-order valence-electron chi connectivity index (χ4n) is 2.45. The van der Waals surface area contributed by atoms with Crippen molar-refractivity contribution in [3.63, 3.8) is 0 Å². The first-order valence-corrected chi connectivity index (χ1v) is 6.69. The van der Waals surface area contributed by atoms with Crippen molar-refractivity contribution in [1.29, 1.82) is 0 Å². The number of nitrogens with zero attached hydrogens (tertiary/aromatic N) is 4. The highest BCUT2D eigenvalue weighted by Gasteiger charge is 2.21. The summed E-state index contributed by atoms with van der Waals surface area (Å²) in [5.74, 6) is -1.34. The summed E-state index contributed by atoms with van der Waals surface area (Å²) in [5, 5.41) is 0. The lowest BCUT2D eigenvalue weighted by atomic mass is 10.3. The highest BCUT2D eigenvalue weighted by atomic mass is 16.2. The van der Waals surface area contributed by atoms with Crippen LogP contribution in [-0.4, -0.2) is 30.9 Å². The molecule has 4 aromatic rings. The van der Waals surface area contributed by atoms with Gasteiger partial charge in [-0.1, -0.05) is 24.3 Å². The van der Waals surface area contributed by atoms with Gasteiger partial charge in [-0.3, -0.25) is 18.7 Å². The Morgan fingerprint density at radius 1 is 0.682 bits per heavy atom. The van der Waals surface area contributed by atoms with E-state index in [1.165, 1.54) is 21.8 Å². The number of hydrogen-bond acceptors (Lipinski definition) is 4. The second-order valence-electron chi connectivity index (χ2n) is 4.82. The Morgan fingerprint density at radius 2 is 1.09 bits per heavy atom. The van der Waals surface area contributed by atoms with Crippen molar-refractivity contribution < 1.29 is 9.59 Å². The molecule has 0 aliphatic heterocycles. The number of imidazole rings is 2. The van der Waals surface area contributed by atoms with Crippen molar-refractivity contribution in [2.24, 2.45) is 0 Å². The van der Waals surface area contributed by atoms with E-state index >= 15 is 0 Å². The zero-order valence-corrected chi connectivity index (χ0v) is 11.4. The largest absolute Gasteiger partial charge is 0.322 e. The van der Waals surface area contributed by atoms with Crippen molar-refractivity contribution in [3.05, 3.63) is 61.2 Å². The van der Waals surface area contributed by atoms with Gasteiger partial charge in [0.05, 0.1) is 22.1 Å². The highest BCUT2D eigenvalue weighted by Crippen LogP contribution is 2.14. The van der Waals surface area contributed by atoms with Gasteiger partial charge in [0.25, 0.3) is 0 Å². The molecule has 0 aliphatic rings. The summed E-state index contributed by atoms with van der Waals surface area (Å²) in [4.78, 5) is 33.2. The van der Waals surface area contributed by atoms with E-state index in [0.717, 1.165) is 0 Å². The van der Waals surface area contributed by atoms with E-state index in [-0.39, 0.29) is 0 Å². The molecule has 0 atom stereocenters. The lowest BCUT2D eigenvalue weighted by Gasteiger charge is -2.03. The molecule has 0 bridgehead atoms. The van der Waals surface area contributed by atoms with Gasteiger partial charge in [-0.05, 0) is 24.3 Å². The van der Waals surface area contributed by atoms with E-state index in [9.17, 15) is 9.59 Å². The maximum Gasteiger partial charge on any atom is 0.322 e. The quantitative estimate of drug-likeness (QED) is 0.466. The third-order valence-corrected chi connectivity index (χ3v) is 3.53. The van der Waals surface area contributed by atoms with Crippen molar-refractivity contribution in [1.82, 2.24) is 19.1 Å². The average Bonchev–Trinajstić information content (AvgIpc) is 3.17. The molecular formula is C16H10N4O2. The summed E-state index contributed by atoms with van der Waals surface area (Å²) in [6.45, 7) is 0. The Hall–Kier alpha value is -3.28. The van der Waals surface area contributed by atoms with E-state index in [0.29, 0.717) is 22.1 Å². The van der Waals surface area contributed by atoms with E-state index in [4.69, 9.17) is 0 Å². The smallest absolute Gasteiger partial charge is 0.263 e. The second kappa shape index (κ2) is 4.63. The molecule has 0 radical (unpaired) electrons. The van der Waals surface area contributed by atoms with Crippen LogP contribution in [0.5, 0.6) is 0 Å². The van der Waals surface area contributed by atoms with Crippen LogP contribution in [0.1, 0.15) is 9.59 Å². The SMILES string of the molecule is O=C(C(=O)n1cnc2ccccc21)n1cnc2ccccc21. The third-order valence-electron chi connectivity index (χ3n) is 3.53. The Labute approximate surface area is 124 Å². The van der Waals surface area contributed by atoms with Gasteiger partial charge in [-0.25, -0.2) is 9.97 Å². The number of carbonyl (C=O) groups is 2. The molecule has 0 spiro atoms. The topological polar surface area (TPSA) is 69.8 Å². The second-order valence-corrected chi connectivity index (χ2v) is 4.82. The zero-order chi connectivity index (χ0) is 15.1. The molecule has 0 N–H and O–H groups in total. The molecule has 2 heterocycles. The van der Waals surface area contributed by atoms with Gasteiger partial charge >= 0.3 is 11.8 Å². The van der Waals surface area contributed by atoms with Gasteiger partial charge in [0, 0.05) is 0 Å². The van der Waals surface area contributed by atoms with E-state index in [2.05, 4.69) is 9.97 Å². The predicted molar refractivity (Wildman–Crippen MR) is 80.7 cm³/mol. The normalized spacial score (nSPS) is 11.1. The highest BCUT2D eigenvalue weighted by molar-refractivity contribution is 6.38. The van der Waals surface area contributed by atoms with Gasteiger partial charge < -0.3 is 0 Å². The summed E-state index contributed by atoms with van der Waals surface area (Å²) in [6, 6.07) is 14.3. The molecule has 0 saturated heterocycles. The van der Waals surface area contributed by atoms with E-state index < -0.39 is 11.8 Å². The third kappa shape index (κ3) is 1.74. The monoisotopic (exact) mass is 290 g/mol. The minimum Gasteiger partial charge on any atom is -0.263 e. The van der Waals surface area contributed by atoms with Crippen molar-refractivity contribution in [2.75, 3.05) is 0 Å². The van der Waals surface area contributed by atoms with Gasteiger partial charge in [-0.2, -0.15) is 0 Å². The zero-order valence-electron chi connectivity index (χ0n) is 11.4. The van der Waals surface area contributed by atoms with Crippen molar-refractivity contribution in [2.45, 2.75) is 0 Å². The van der Waals surface area contributed by atoms with Crippen molar-refractivity contribution in [3.8, 4) is 0 Å². The van der Waals surface area contributed by atoms with Crippen LogP contribution in [0.2, 0.25) is 0 Å². The van der Waals surface area contributed by atoms with Crippen LogP contribution in [0.4, 0.5) is 0 Å². The number of carbonyl (C=O) groups excluding carboxylic acids is 2. The summed E-state index contributed by atoms with van der Waals surface area (Å²) in [5.41, 5.74) is 2.54. The summed E-state index contributed by atoms with van der Waals surface area (Å²) in [7, 11) is 0. The lowest BCUT2D eigenvalue weighted by Crippen LogP contribution is -2.26. The van der Waals surface area contributed by atoms with Crippen LogP contribution >= 0.6 is 0 Å². The Morgan fingerprint density at radius 3 is 1.55 bits per heavy atom. The Balaban J connectivity index is 1.81. The molecule has 0 aliphatic carbocycles. The predicted octanol–water partition coefficient (Wildman–Crippen LogP) is 2.37. The minimum atomic E-state index is -0.670. The first kappa shape index (κ1) is 12.5. The molecule has 2 aromatic carbocycles. The van der Waals surface area contributed by atoms with Crippen LogP contribution in [0.3, 0.4) is 0 Å². The molecule has 4 rings (SSSR count). The number of hydrogen-bond donors (Lipinski definition) is 0. The van der Waals surface area contributed by atoms with Gasteiger partial charge in [0.1, 0.15) is 12.7 Å². The van der Waals surface area contributed by atoms with Crippen LogP contribution in [0.25, 0.3) is 22.1 Å². The molecule has 0 unspecified atom stereocenters. The van der Waals surface area contributed by atoms with Gasteiger partial charge in [0.15, 0.2) is 0 Å². The van der Waals surface area contributed by atoms with Gasteiger partial charge in [-0.15, -0.1) is 0 Å². The fraction of sp³-hybridized carbons (Fsp3) is 0. The van der Waals surface area contributed by atoms with E-state index in [1.807, 2.05) is 12.1 Å². The van der Waals surface area contributed by atoms with Crippen LogP contribution < -0.4 is 0 Å². The lowest BCUT2D eigenvalue weighted by molar-refractivity contribution is 0.0722. The molecule has 106 valence electrons. The van der Waals surface area contributed by atoms with Crippen LogP contribution in [-0.2, 0) is 0 Å². The molecule has 0 amide bonds. The molecule has 0 fully saturated rings. The van der Waals surface area contributed by atoms with Gasteiger partial charge in [0.2, 0.25) is 0 Å². The first-order valence-electron chi connectivity index (χ1n) is 6.69. The standard InChI is InChI=1S/C16H10N4O2/c21-15(19-9-17-11-5-1-3-7-13(11)19)16(22)20-10-18-12-6-2-4-8-14(12)20/h1-10H. The Kier molecular flexibility index (Phi) is 2.62. The molecular weight excluding hydrogens is 280 g/mol. The summed E-state index contributed by atoms with van der Waals surface area (Å²) >= 11 is 0. The van der Waals surface area contributed by atoms with Crippen molar-refractivity contribution >= 4 is 33.9 Å². The fourth-order valence-corrected chi connectivity index (χ4v) is 2.45. The summed E-state index contributed by atoms with van der Waals surface area (Å²) < 4.78 is 2.51. The minimum absolute atomic E-state index is 0.602. The first-order chi connectivity index (χ1) is 10.8. The molecule has 6 nitrogen and oxygen atoms in total. The number of aromatic nitrogens is 4. The van der Waals surface area contributed by atoms with Crippen LogP contribution in [0, 0.1) is 0 Å². The maximum atomic E-state index is 12.5.